The van der Waals surface area contributed by atoms with Gasteiger partial charge in [-0.2, -0.15) is 5.26 Å². The average Bonchev–Trinajstić information content (AvgIpc) is 2.24. The molecule has 1 fully saturated rings. The number of nitrogens with zero attached hydrogens (tertiary/aromatic N) is 2. The molecule has 4 heteroatoms. The van der Waals surface area contributed by atoms with Crippen molar-refractivity contribution in [2.75, 3.05) is 11.9 Å². The lowest BCUT2D eigenvalue weighted by atomic mass is 9.78. The van der Waals surface area contributed by atoms with Crippen LogP contribution in [0.1, 0.15) is 24.8 Å². The van der Waals surface area contributed by atoms with Crippen molar-refractivity contribution >= 4 is 5.82 Å². The summed E-state index contributed by atoms with van der Waals surface area (Å²) in [5.74, 6) is 0.728. The van der Waals surface area contributed by atoms with E-state index >= 15 is 0 Å². The number of hydrogen-bond donors (Lipinski definition) is 2. The third kappa shape index (κ3) is 2.25. The molecule has 2 rings (SSSR count). The zero-order chi connectivity index (χ0) is 10.7. The molecule has 0 radical (unpaired) electrons. The Balaban J connectivity index is 1.96. The second kappa shape index (κ2) is 3.87. The topological polar surface area (TPSA) is 74.7 Å². The molecule has 0 atom stereocenters. The molecule has 15 heavy (non-hydrogen) atoms. The Hall–Kier alpha value is -1.60. The molecule has 0 unspecified atom stereocenters. The van der Waals surface area contributed by atoms with Crippen LogP contribution in [-0.2, 0) is 0 Å². The van der Waals surface area contributed by atoms with Gasteiger partial charge in [0.15, 0.2) is 0 Å². The molecule has 0 amide bonds. The quantitative estimate of drug-likeness (QED) is 0.773. The number of nitrogens with two attached hydrogens (primary N) is 1. The van der Waals surface area contributed by atoms with E-state index in [4.69, 9.17) is 11.0 Å². The third-order valence-corrected chi connectivity index (χ3v) is 2.86. The summed E-state index contributed by atoms with van der Waals surface area (Å²) in [6.45, 7) is 0.731. The zero-order valence-electron chi connectivity index (χ0n) is 8.53. The lowest BCUT2D eigenvalue weighted by Gasteiger charge is -2.38. The van der Waals surface area contributed by atoms with Gasteiger partial charge < -0.3 is 11.1 Å². The zero-order valence-corrected chi connectivity index (χ0v) is 8.53. The van der Waals surface area contributed by atoms with E-state index in [0.717, 1.165) is 25.2 Å². The highest BCUT2D eigenvalue weighted by Gasteiger charge is 2.32. The van der Waals surface area contributed by atoms with Gasteiger partial charge in [-0.1, -0.05) is 0 Å². The molecule has 1 aliphatic carbocycles. The van der Waals surface area contributed by atoms with Gasteiger partial charge >= 0.3 is 0 Å². The van der Waals surface area contributed by atoms with Crippen molar-refractivity contribution in [3.8, 4) is 6.07 Å². The highest BCUT2D eigenvalue weighted by Crippen LogP contribution is 2.28. The van der Waals surface area contributed by atoms with E-state index < -0.39 is 0 Å². The van der Waals surface area contributed by atoms with Crippen LogP contribution in [0.25, 0.3) is 0 Å². The van der Waals surface area contributed by atoms with Gasteiger partial charge in [0.2, 0.25) is 0 Å². The second-order valence-electron chi connectivity index (χ2n) is 4.11. The lowest BCUT2D eigenvalue weighted by Crippen LogP contribution is -2.52. The predicted octanol–water partition coefficient (Wildman–Crippen LogP) is 1.25. The highest BCUT2D eigenvalue weighted by atomic mass is 15.0. The number of anilines is 1. The summed E-state index contributed by atoms with van der Waals surface area (Å²) in [5, 5.41) is 11.9. The van der Waals surface area contributed by atoms with Gasteiger partial charge in [0.1, 0.15) is 5.82 Å². The molecular formula is C11H14N4. The number of rotatable bonds is 3. The van der Waals surface area contributed by atoms with Gasteiger partial charge in [0, 0.05) is 18.3 Å². The van der Waals surface area contributed by atoms with E-state index in [1.165, 1.54) is 6.42 Å². The molecule has 0 aliphatic heterocycles. The van der Waals surface area contributed by atoms with Crippen molar-refractivity contribution in [1.82, 2.24) is 4.98 Å². The van der Waals surface area contributed by atoms with Gasteiger partial charge in [-0.05, 0) is 31.4 Å². The van der Waals surface area contributed by atoms with Crippen LogP contribution in [0.5, 0.6) is 0 Å². The largest absolute Gasteiger partial charge is 0.368 e. The summed E-state index contributed by atoms with van der Waals surface area (Å²) in [5.41, 5.74) is 6.62. The number of nitriles is 1. The number of pyridine rings is 1. The molecular weight excluding hydrogens is 188 g/mol. The van der Waals surface area contributed by atoms with Crippen LogP contribution in [0.2, 0.25) is 0 Å². The fourth-order valence-corrected chi connectivity index (χ4v) is 1.67. The minimum atomic E-state index is -0.0652. The van der Waals surface area contributed by atoms with Crippen molar-refractivity contribution in [2.45, 2.75) is 24.8 Å². The van der Waals surface area contributed by atoms with E-state index in [9.17, 15) is 0 Å². The van der Waals surface area contributed by atoms with Crippen LogP contribution in [0.15, 0.2) is 18.3 Å². The van der Waals surface area contributed by atoms with E-state index in [1.807, 2.05) is 0 Å². The van der Waals surface area contributed by atoms with E-state index in [-0.39, 0.29) is 5.54 Å². The van der Waals surface area contributed by atoms with Gasteiger partial charge in [-0.15, -0.1) is 0 Å². The summed E-state index contributed by atoms with van der Waals surface area (Å²) in [6, 6.07) is 5.51. The molecule has 1 aromatic heterocycles. The maximum absolute atomic E-state index is 8.72. The SMILES string of the molecule is N#Cc1ccnc(NCC2(N)CCC2)c1. The summed E-state index contributed by atoms with van der Waals surface area (Å²) in [4.78, 5) is 4.13. The Kier molecular flexibility index (Phi) is 2.57. The minimum absolute atomic E-state index is 0.0652. The lowest BCUT2D eigenvalue weighted by molar-refractivity contribution is 0.265. The first-order valence-corrected chi connectivity index (χ1v) is 5.11. The van der Waals surface area contributed by atoms with Gasteiger partial charge in [-0.3, -0.25) is 0 Å². The standard InChI is InChI=1S/C11H14N4/c12-7-9-2-5-14-10(6-9)15-8-11(13)3-1-4-11/h2,5-6H,1,3-4,8,13H2,(H,14,15). The first-order valence-electron chi connectivity index (χ1n) is 5.11. The van der Waals surface area contributed by atoms with E-state index in [2.05, 4.69) is 16.4 Å². The Labute approximate surface area is 89.1 Å². The van der Waals surface area contributed by atoms with Crippen molar-refractivity contribution in [3.63, 3.8) is 0 Å². The normalized spacial score (nSPS) is 17.6. The monoisotopic (exact) mass is 202 g/mol. The fourth-order valence-electron chi connectivity index (χ4n) is 1.67. The molecule has 0 aromatic carbocycles. The first kappa shape index (κ1) is 9.94. The van der Waals surface area contributed by atoms with Crippen molar-refractivity contribution < 1.29 is 0 Å². The van der Waals surface area contributed by atoms with Crippen LogP contribution in [0, 0.1) is 11.3 Å². The summed E-state index contributed by atoms with van der Waals surface area (Å²) >= 11 is 0. The van der Waals surface area contributed by atoms with Crippen LogP contribution < -0.4 is 11.1 Å². The van der Waals surface area contributed by atoms with Crippen LogP contribution in [-0.4, -0.2) is 17.1 Å². The van der Waals surface area contributed by atoms with Crippen molar-refractivity contribution in [3.05, 3.63) is 23.9 Å². The number of hydrogen-bond acceptors (Lipinski definition) is 4. The summed E-state index contributed by atoms with van der Waals surface area (Å²) in [6.07, 6.45) is 4.98. The second-order valence-corrected chi connectivity index (χ2v) is 4.11. The first-order chi connectivity index (χ1) is 7.22. The maximum atomic E-state index is 8.72. The Morgan fingerprint density at radius 3 is 3.00 bits per heavy atom. The van der Waals surface area contributed by atoms with Gasteiger partial charge in [0.25, 0.3) is 0 Å². The maximum Gasteiger partial charge on any atom is 0.127 e. The van der Waals surface area contributed by atoms with E-state index in [0.29, 0.717) is 5.56 Å². The molecule has 1 aliphatic rings. The summed E-state index contributed by atoms with van der Waals surface area (Å²) < 4.78 is 0. The molecule has 1 saturated carbocycles. The molecule has 0 spiro atoms. The van der Waals surface area contributed by atoms with E-state index in [1.54, 1.807) is 18.3 Å². The smallest absolute Gasteiger partial charge is 0.127 e. The molecule has 1 aromatic rings. The Bertz CT molecular complexity index is 390. The highest BCUT2D eigenvalue weighted by molar-refractivity contribution is 5.42. The summed E-state index contributed by atoms with van der Waals surface area (Å²) in [7, 11) is 0. The molecule has 3 N–H and O–H groups in total. The third-order valence-electron chi connectivity index (χ3n) is 2.86. The van der Waals surface area contributed by atoms with Crippen molar-refractivity contribution in [2.24, 2.45) is 5.73 Å². The Morgan fingerprint density at radius 1 is 1.60 bits per heavy atom. The average molecular weight is 202 g/mol. The molecule has 1 heterocycles. The molecule has 0 saturated heterocycles. The fraction of sp³-hybridized carbons (Fsp3) is 0.455. The van der Waals surface area contributed by atoms with Gasteiger partial charge in [0.05, 0.1) is 11.6 Å². The molecule has 78 valence electrons. The number of aromatic nitrogens is 1. The van der Waals surface area contributed by atoms with Gasteiger partial charge in [-0.25, -0.2) is 4.98 Å². The van der Waals surface area contributed by atoms with Crippen LogP contribution >= 0.6 is 0 Å². The molecule has 4 nitrogen and oxygen atoms in total. The Morgan fingerprint density at radius 2 is 2.40 bits per heavy atom. The predicted molar refractivity (Wildman–Crippen MR) is 58.2 cm³/mol. The van der Waals surface area contributed by atoms with Crippen molar-refractivity contribution in [1.29, 1.82) is 5.26 Å². The number of nitrogens with one attached hydrogen (secondary N) is 1. The minimum Gasteiger partial charge on any atom is -0.368 e. The van der Waals surface area contributed by atoms with Crippen LogP contribution in [0.3, 0.4) is 0 Å². The van der Waals surface area contributed by atoms with Crippen LogP contribution in [0.4, 0.5) is 5.82 Å². The molecule has 0 bridgehead atoms.